The van der Waals surface area contributed by atoms with Gasteiger partial charge in [0.05, 0.1) is 0 Å². The minimum absolute atomic E-state index is 0. The molecule has 0 fully saturated rings. The van der Waals surface area contributed by atoms with Gasteiger partial charge in [-0.3, -0.25) is 4.98 Å². The number of imidazole rings is 1. The van der Waals surface area contributed by atoms with Gasteiger partial charge < -0.3 is 23.6 Å². The van der Waals surface area contributed by atoms with Crippen molar-refractivity contribution in [1.82, 2.24) is 14.4 Å². The van der Waals surface area contributed by atoms with Crippen molar-refractivity contribution in [1.29, 1.82) is 0 Å². The fourth-order valence-electron chi connectivity index (χ4n) is 7.54. The average molecular weight is 839 g/mol. The molecule has 5 aromatic carbocycles. The third-order valence-corrected chi connectivity index (χ3v) is 9.76. The molecule has 7 aromatic rings. The van der Waals surface area contributed by atoms with Crippen LogP contribution in [0.5, 0.6) is 5.75 Å². The molecule has 2 aromatic heterocycles. The van der Waals surface area contributed by atoms with Gasteiger partial charge >= 0.3 is 14.2 Å². The van der Waals surface area contributed by atoms with E-state index in [1.54, 1.807) is 6.20 Å². The molecule has 0 bridgehead atoms. The van der Waals surface area contributed by atoms with Crippen LogP contribution < -0.4 is 24.5 Å². The van der Waals surface area contributed by atoms with Crippen molar-refractivity contribution in [3.8, 4) is 28.3 Å². The first kappa shape index (κ1) is 32.6. The fourth-order valence-corrected chi connectivity index (χ4v) is 7.54. The molecule has 0 N–H and O–H groups in total. The summed E-state index contributed by atoms with van der Waals surface area (Å²) in [5, 5.41) is 0. The summed E-state index contributed by atoms with van der Waals surface area (Å²) in [5.41, 5.74) is 11.6. The summed E-state index contributed by atoms with van der Waals surface area (Å²) in [6.07, 6.45) is 5.74. The van der Waals surface area contributed by atoms with Crippen LogP contribution in [-0.4, -0.2) is 35.7 Å². The maximum Gasteiger partial charge on any atom is 0.616 e. The Bertz CT molecular complexity index is 2350. The van der Waals surface area contributed by atoms with E-state index in [0.717, 1.165) is 51.1 Å². The van der Waals surface area contributed by atoms with E-state index in [1.807, 2.05) is 66.9 Å². The molecular formula is C41H32B2IrN6O-2. The minimum Gasteiger partial charge on any atom is -0.523 e. The van der Waals surface area contributed by atoms with Crippen LogP contribution in [0.25, 0.3) is 22.5 Å². The number of hydrogen-bond donors (Lipinski definition) is 0. The Labute approximate surface area is 312 Å². The smallest absolute Gasteiger partial charge is 0.523 e. The zero-order valence-electron chi connectivity index (χ0n) is 28.4. The maximum atomic E-state index is 6.60. The molecular weight excluding hydrogens is 806 g/mol. The number of aryl methyl sites for hydroxylation is 2. The van der Waals surface area contributed by atoms with E-state index in [0.29, 0.717) is 0 Å². The first-order chi connectivity index (χ1) is 24.6. The second-order valence-corrected chi connectivity index (χ2v) is 12.7. The van der Waals surface area contributed by atoms with Crippen LogP contribution in [-0.2, 0) is 20.1 Å². The number of aromatic nitrogens is 3. The minimum atomic E-state index is -0.381. The molecule has 5 heterocycles. The van der Waals surface area contributed by atoms with Crippen LogP contribution in [0.3, 0.4) is 0 Å². The van der Waals surface area contributed by atoms with Gasteiger partial charge in [0.25, 0.3) is 0 Å². The quantitative estimate of drug-likeness (QED) is 0.131. The van der Waals surface area contributed by atoms with Crippen molar-refractivity contribution < 1.29 is 24.8 Å². The van der Waals surface area contributed by atoms with Gasteiger partial charge in [-0.1, -0.05) is 94.4 Å². The monoisotopic (exact) mass is 839 g/mol. The average Bonchev–Trinajstić information content (AvgIpc) is 3.73. The van der Waals surface area contributed by atoms with Gasteiger partial charge in [0, 0.05) is 61.3 Å². The van der Waals surface area contributed by atoms with Gasteiger partial charge in [0.1, 0.15) is 11.6 Å². The third-order valence-electron chi connectivity index (χ3n) is 9.76. The molecule has 0 spiro atoms. The summed E-state index contributed by atoms with van der Waals surface area (Å²) in [4.78, 5) is 15.8. The molecule has 7 nitrogen and oxygen atoms in total. The van der Waals surface area contributed by atoms with Crippen LogP contribution >= 0.6 is 0 Å². The zero-order valence-corrected chi connectivity index (χ0v) is 30.8. The second-order valence-electron chi connectivity index (χ2n) is 12.7. The molecule has 3 aliphatic rings. The normalized spacial score (nSPS) is 13.2. The van der Waals surface area contributed by atoms with Crippen LogP contribution in [0.4, 0.5) is 28.6 Å². The summed E-state index contributed by atoms with van der Waals surface area (Å²) in [5.74, 6) is 2.67. The SMILES string of the molecule is Cc1cccc(C)c1B1N(C)c2ccc[c-]c2-c2nccn21.[Ir].[c-]1cccc2c1N(c1ccccn1)B1Oc3ccccc3-c3ccccc3N12. The van der Waals surface area contributed by atoms with Crippen molar-refractivity contribution in [2.45, 2.75) is 13.8 Å². The van der Waals surface area contributed by atoms with E-state index in [2.05, 4.69) is 129 Å². The van der Waals surface area contributed by atoms with E-state index in [1.165, 1.54) is 22.3 Å². The van der Waals surface area contributed by atoms with Gasteiger partial charge in [0.2, 0.25) is 0 Å². The van der Waals surface area contributed by atoms with E-state index >= 15 is 0 Å². The zero-order chi connectivity index (χ0) is 33.8. The molecule has 0 saturated heterocycles. The van der Waals surface area contributed by atoms with Crippen molar-refractivity contribution in [2.75, 3.05) is 21.5 Å². The number of pyridine rings is 1. The Morgan fingerprint density at radius 1 is 0.647 bits per heavy atom. The van der Waals surface area contributed by atoms with E-state index < -0.39 is 0 Å². The number of nitrogens with zero attached hydrogens (tertiary/aromatic N) is 6. The van der Waals surface area contributed by atoms with Crippen LogP contribution in [0.1, 0.15) is 11.1 Å². The van der Waals surface area contributed by atoms with Crippen molar-refractivity contribution >= 4 is 48.2 Å². The molecule has 0 saturated carbocycles. The van der Waals surface area contributed by atoms with E-state index in [-0.39, 0.29) is 34.3 Å². The van der Waals surface area contributed by atoms with Crippen molar-refractivity contribution in [3.05, 3.63) is 163 Å². The van der Waals surface area contributed by atoms with E-state index in [9.17, 15) is 0 Å². The van der Waals surface area contributed by atoms with E-state index in [4.69, 9.17) is 4.65 Å². The Kier molecular flexibility index (Phi) is 8.50. The summed E-state index contributed by atoms with van der Waals surface area (Å²) < 4.78 is 8.85. The predicted molar refractivity (Wildman–Crippen MR) is 204 cm³/mol. The van der Waals surface area contributed by atoms with Crippen molar-refractivity contribution in [2.24, 2.45) is 0 Å². The van der Waals surface area contributed by atoms with Gasteiger partial charge in [-0.15, -0.1) is 30.3 Å². The summed E-state index contributed by atoms with van der Waals surface area (Å²) >= 11 is 0. The molecule has 0 amide bonds. The van der Waals surface area contributed by atoms with Crippen LogP contribution in [0.15, 0.2) is 140 Å². The van der Waals surface area contributed by atoms with Crippen LogP contribution in [0, 0.1) is 26.0 Å². The van der Waals surface area contributed by atoms with Gasteiger partial charge in [0.15, 0.2) is 0 Å². The number of rotatable bonds is 2. The van der Waals surface area contributed by atoms with Gasteiger partial charge in [-0.05, 0) is 50.6 Å². The number of fused-ring (bicyclic) bond motifs is 10. The number of benzene rings is 5. The maximum absolute atomic E-state index is 6.60. The molecule has 10 heteroatoms. The molecule has 3 aliphatic heterocycles. The second kappa shape index (κ2) is 13.3. The Morgan fingerprint density at radius 3 is 2.16 bits per heavy atom. The first-order valence-electron chi connectivity index (χ1n) is 16.8. The Hall–Kier alpha value is -5.56. The first-order valence-corrected chi connectivity index (χ1v) is 16.8. The summed E-state index contributed by atoms with van der Waals surface area (Å²) in [7, 11) is 1.76. The van der Waals surface area contributed by atoms with Gasteiger partial charge in [-0.2, -0.15) is 18.2 Å². The fraction of sp³-hybridized carbons (Fsp3) is 0.0732. The summed E-state index contributed by atoms with van der Waals surface area (Å²) in [6.45, 7) is 4.49. The van der Waals surface area contributed by atoms with Crippen molar-refractivity contribution in [3.63, 3.8) is 0 Å². The molecule has 0 unspecified atom stereocenters. The Balaban J connectivity index is 0.000000148. The van der Waals surface area contributed by atoms with Crippen LogP contribution in [0.2, 0.25) is 0 Å². The number of hydrogen-bond acceptors (Lipinski definition) is 6. The van der Waals surface area contributed by atoms with Gasteiger partial charge in [-0.25, -0.2) is 4.98 Å². The third kappa shape index (κ3) is 5.34. The number of anilines is 5. The predicted octanol–water partition coefficient (Wildman–Crippen LogP) is 7.87. The topological polar surface area (TPSA) is 49.7 Å². The molecule has 1 radical (unpaired) electrons. The summed E-state index contributed by atoms with van der Waals surface area (Å²) in [6, 6.07) is 47.9. The molecule has 51 heavy (non-hydrogen) atoms. The molecule has 249 valence electrons. The standard InChI is InChI=1S/C23H15BN3O.C18H17BN3.Ir/c1-3-11-19-17(9-1)18-10-2-6-14-22(18)28-24-26(19)20-12-4-5-13-21(20)27(24)23-15-7-8-16-25-23;1-13-7-6-8-14(2)17(13)19-21(3)16-10-5-4-9-15(16)18-20-11-12-22(18)19;/h1-12,14-16H;4-8,10-12H,1-3H3;/q2*-1;. The molecule has 0 atom stereocenters. The molecule has 0 aliphatic carbocycles. The largest absolute Gasteiger partial charge is 0.616 e. The number of para-hydroxylation sites is 3. The Morgan fingerprint density at radius 2 is 1.35 bits per heavy atom. The molecule has 10 rings (SSSR count).